The molecule has 1 aromatic carbocycles. The minimum absolute atomic E-state index is 0.152. The van der Waals surface area contributed by atoms with Gasteiger partial charge in [-0.25, -0.2) is 9.38 Å². The van der Waals surface area contributed by atoms with Crippen molar-refractivity contribution in [1.82, 2.24) is 15.6 Å². The highest BCUT2D eigenvalue weighted by molar-refractivity contribution is 5.79. The third kappa shape index (κ3) is 5.08. The van der Waals surface area contributed by atoms with E-state index in [9.17, 15) is 4.39 Å². The van der Waals surface area contributed by atoms with Gasteiger partial charge in [0.1, 0.15) is 5.82 Å². The van der Waals surface area contributed by atoms with Crippen molar-refractivity contribution in [1.29, 1.82) is 5.26 Å². The number of guanidine groups is 1. The van der Waals surface area contributed by atoms with Crippen molar-refractivity contribution >= 4 is 5.96 Å². The highest BCUT2D eigenvalue weighted by Crippen LogP contribution is 2.11. The molecule has 0 aliphatic heterocycles. The average molecular weight is 311 g/mol. The van der Waals surface area contributed by atoms with E-state index in [1.165, 1.54) is 18.2 Å². The molecule has 0 spiro atoms. The molecule has 0 fully saturated rings. The maximum atomic E-state index is 13.8. The smallest absolute Gasteiger partial charge is 0.191 e. The van der Waals surface area contributed by atoms with Crippen molar-refractivity contribution < 1.29 is 4.39 Å². The van der Waals surface area contributed by atoms with Gasteiger partial charge < -0.3 is 10.6 Å². The molecule has 0 aliphatic rings. The van der Waals surface area contributed by atoms with Crippen LogP contribution >= 0.6 is 0 Å². The first kappa shape index (κ1) is 16.4. The van der Waals surface area contributed by atoms with Gasteiger partial charge in [0.25, 0.3) is 0 Å². The van der Waals surface area contributed by atoms with Gasteiger partial charge in [-0.15, -0.1) is 0 Å². The van der Waals surface area contributed by atoms with Crippen LogP contribution in [0.15, 0.2) is 47.6 Å². The summed E-state index contributed by atoms with van der Waals surface area (Å²) in [5, 5.41) is 15.1. The van der Waals surface area contributed by atoms with Crippen LogP contribution in [0, 0.1) is 17.1 Å². The fourth-order valence-electron chi connectivity index (χ4n) is 1.95. The molecule has 0 bridgehead atoms. The molecule has 118 valence electrons. The fraction of sp³-hybridized carbons (Fsp3) is 0.235. The summed E-state index contributed by atoms with van der Waals surface area (Å²) in [5.74, 6) is 0.202. The number of pyridine rings is 1. The number of hydrogen-bond donors (Lipinski definition) is 2. The van der Waals surface area contributed by atoms with Crippen molar-refractivity contribution in [2.24, 2.45) is 4.99 Å². The minimum atomic E-state index is -0.367. The van der Waals surface area contributed by atoms with Crippen LogP contribution < -0.4 is 10.6 Å². The predicted octanol–water partition coefficient (Wildman–Crippen LogP) is 2.35. The molecule has 1 heterocycles. The van der Waals surface area contributed by atoms with Crippen molar-refractivity contribution in [2.45, 2.75) is 20.0 Å². The summed E-state index contributed by atoms with van der Waals surface area (Å²) in [5.41, 5.74) is 1.69. The SMILES string of the molecule is CCNC(=NCc1cc(C#N)ccc1F)NCc1ccccn1. The van der Waals surface area contributed by atoms with Crippen LogP contribution in [0.3, 0.4) is 0 Å². The molecule has 0 saturated carbocycles. The van der Waals surface area contributed by atoms with Crippen LogP contribution in [0.2, 0.25) is 0 Å². The molecule has 6 heteroatoms. The lowest BCUT2D eigenvalue weighted by molar-refractivity contribution is 0.610. The molecule has 0 amide bonds. The Kier molecular flexibility index (Phi) is 6.07. The Morgan fingerprint density at radius 1 is 1.30 bits per heavy atom. The number of aromatic nitrogens is 1. The zero-order chi connectivity index (χ0) is 16.5. The predicted molar refractivity (Wildman–Crippen MR) is 87.0 cm³/mol. The molecule has 0 aliphatic carbocycles. The van der Waals surface area contributed by atoms with Gasteiger partial charge in [-0.2, -0.15) is 5.26 Å². The van der Waals surface area contributed by atoms with Crippen LogP contribution in [0.5, 0.6) is 0 Å². The zero-order valence-corrected chi connectivity index (χ0v) is 12.9. The number of hydrogen-bond acceptors (Lipinski definition) is 3. The normalized spacial score (nSPS) is 10.9. The Morgan fingerprint density at radius 2 is 2.17 bits per heavy atom. The van der Waals surface area contributed by atoms with Crippen LogP contribution in [0.1, 0.15) is 23.7 Å². The van der Waals surface area contributed by atoms with E-state index in [1.807, 2.05) is 31.2 Å². The third-order valence-corrected chi connectivity index (χ3v) is 3.09. The molecule has 0 atom stereocenters. The van der Waals surface area contributed by atoms with Crippen LogP contribution in [0.25, 0.3) is 0 Å². The zero-order valence-electron chi connectivity index (χ0n) is 12.9. The number of aliphatic imine (C=N–C) groups is 1. The number of nitrogens with one attached hydrogen (secondary N) is 2. The van der Waals surface area contributed by atoms with Crippen LogP contribution in [-0.2, 0) is 13.1 Å². The lowest BCUT2D eigenvalue weighted by Crippen LogP contribution is -2.37. The minimum Gasteiger partial charge on any atom is -0.357 e. The second kappa shape index (κ2) is 8.49. The third-order valence-electron chi connectivity index (χ3n) is 3.09. The second-order valence-corrected chi connectivity index (χ2v) is 4.79. The molecule has 5 nitrogen and oxygen atoms in total. The summed E-state index contributed by atoms with van der Waals surface area (Å²) >= 11 is 0. The van der Waals surface area contributed by atoms with Crippen molar-refractivity contribution in [3.63, 3.8) is 0 Å². The van der Waals surface area contributed by atoms with Crippen LogP contribution in [-0.4, -0.2) is 17.5 Å². The first-order valence-corrected chi connectivity index (χ1v) is 7.33. The van der Waals surface area contributed by atoms with E-state index in [1.54, 1.807) is 6.20 Å². The molecule has 0 unspecified atom stereocenters. The van der Waals surface area contributed by atoms with Gasteiger partial charge in [-0.3, -0.25) is 4.98 Å². The summed E-state index contributed by atoms with van der Waals surface area (Å²) in [6.07, 6.45) is 1.73. The van der Waals surface area contributed by atoms with E-state index in [0.717, 1.165) is 5.69 Å². The Balaban J connectivity index is 2.05. The highest BCUT2D eigenvalue weighted by Gasteiger charge is 2.04. The van der Waals surface area contributed by atoms with E-state index in [-0.39, 0.29) is 12.4 Å². The van der Waals surface area contributed by atoms with E-state index in [0.29, 0.717) is 30.2 Å². The van der Waals surface area contributed by atoms with E-state index in [2.05, 4.69) is 20.6 Å². The molecule has 23 heavy (non-hydrogen) atoms. The van der Waals surface area contributed by atoms with E-state index < -0.39 is 0 Å². The average Bonchev–Trinajstić information content (AvgIpc) is 2.59. The second-order valence-electron chi connectivity index (χ2n) is 4.79. The van der Waals surface area contributed by atoms with Gasteiger partial charge in [-0.1, -0.05) is 6.07 Å². The maximum absolute atomic E-state index is 13.8. The van der Waals surface area contributed by atoms with Gasteiger partial charge in [0.05, 0.1) is 30.4 Å². The first-order chi connectivity index (χ1) is 11.2. The summed E-state index contributed by atoms with van der Waals surface area (Å²) in [6, 6.07) is 11.9. The number of benzene rings is 1. The van der Waals surface area contributed by atoms with Crippen LogP contribution in [0.4, 0.5) is 4.39 Å². The first-order valence-electron chi connectivity index (χ1n) is 7.33. The van der Waals surface area contributed by atoms with Gasteiger partial charge in [0, 0.05) is 18.3 Å². The summed E-state index contributed by atoms with van der Waals surface area (Å²) < 4.78 is 13.8. The number of halogens is 1. The van der Waals surface area contributed by atoms with Crippen molar-refractivity contribution in [2.75, 3.05) is 6.54 Å². The summed E-state index contributed by atoms with van der Waals surface area (Å²) in [4.78, 5) is 8.58. The highest BCUT2D eigenvalue weighted by atomic mass is 19.1. The Bertz CT molecular complexity index is 707. The lowest BCUT2D eigenvalue weighted by Gasteiger charge is -2.11. The Hall–Kier alpha value is -2.94. The molecular formula is C17H18FN5. The monoisotopic (exact) mass is 311 g/mol. The lowest BCUT2D eigenvalue weighted by atomic mass is 10.1. The van der Waals surface area contributed by atoms with Crippen molar-refractivity contribution in [3.05, 3.63) is 65.2 Å². The molecular weight excluding hydrogens is 293 g/mol. The fourth-order valence-corrected chi connectivity index (χ4v) is 1.95. The topological polar surface area (TPSA) is 73.1 Å². The Labute approximate surface area is 134 Å². The summed E-state index contributed by atoms with van der Waals surface area (Å²) in [6.45, 7) is 3.32. The van der Waals surface area contributed by atoms with E-state index >= 15 is 0 Å². The van der Waals surface area contributed by atoms with Gasteiger partial charge >= 0.3 is 0 Å². The molecule has 0 radical (unpaired) electrons. The maximum Gasteiger partial charge on any atom is 0.191 e. The standard InChI is InChI=1S/C17H18FN5/c1-2-20-17(23-12-15-5-3-4-8-21-15)22-11-14-9-13(10-19)6-7-16(14)18/h3-9H,2,11-12H2,1H3,(H2,20,22,23). The molecule has 0 saturated heterocycles. The number of rotatable bonds is 5. The Morgan fingerprint density at radius 3 is 2.87 bits per heavy atom. The van der Waals surface area contributed by atoms with Gasteiger partial charge in [0.2, 0.25) is 0 Å². The number of nitrogens with zero attached hydrogens (tertiary/aromatic N) is 3. The largest absolute Gasteiger partial charge is 0.357 e. The van der Waals surface area contributed by atoms with Crippen molar-refractivity contribution in [3.8, 4) is 6.07 Å². The summed E-state index contributed by atoms with van der Waals surface area (Å²) in [7, 11) is 0. The van der Waals surface area contributed by atoms with Gasteiger partial charge in [-0.05, 0) is 37.3 Å². The molecule has 1 aromatic heterocycles. The molecule has 2 rings (SSSR count). The van der Waals surface area contributed by atoms with Gasteiger partial charge in [0.15, 0.2) is 5.96 Å². The molecule has 2 aromatic rings. The quantitative estimate of drug-likeness (QED) is 0.657. The number of nitriles is 1. The molecule has 2 N–H and O–H groups in total. The van der Waals surface area contributed by atoms with E-state index in [4.69, 9.17) is 5.26 Å².